The number of para-hydroxylation sites is 2. The van der Waals surface area contributed by atoms with E-state index < -0.39 is 18.5 Å². The lowest BCUT2D eigenvalue weighted by molar-refractivity contribution is -0.119. The van der Waals surface area contributed by atoms with Crippen molar-refractivity contribution in [2.45, 2.75) is 6.92 Å². The van der Waals surface area contributed by atoms with E-state index in [1.165, 1.54) is 25.3 Å². The van der Waals surface area contributed by atoms with Gasteiger partial charge in [-0.05, 0) is 31.2 Å². The molecule has 132 valence electrons. The summed E-state index contributed by atoms with van der Waals surface area (Å²) < 4.78 is 15.3. The van der Waals surface area contributed by atoms with E-state index in [2.05, 4.69) is 5.32 Å². The first kappa shape index (κ1) is 18.1. The number of amides is 1. The number of ether oxygens (including phenoxy) is 3. The number of phenols is 1. The summed E-state index contributed by atoms with van der Waals surface area (Å²) in [5.74, 6) is -0.690. The van der Waals surface area contributed by atoms with Gasteiger partial charge in [0.15, 0.2) is 6.61 Å². The molecule has 0 bridgehead atoms. The number of hydrogen-bond acceptors (Lipinski definition) is 6. The van der Waals surface area contributed by atoms with Gasteiger partial charge in [-0.2, -0.15) is 0 Å². The Hall–Kier alpha value is -3.22. The predicted molar refractivity (Wildman–Crippen MR) is 91.2 cm³/mol. The summed E-state index contributed by atoms with van der Waals surface area (Å²) in [5.41, 5.74) is 0.431. The molecule has 2 N–H and O–H groups in total. The van der Waals surface area contributed by atoms with Gasteiger partial charge >= 0.3 is 5.97 Å². The van der Waals surface area contributed by atoms with Crippen molar-refractivity contribution in [2.24, 2.45) is 0 Å². The van der Waals surface area contributed by atoms with Crippen LogP contribution >= 0.6 is 0 Å². The van der Waals surface area contributed by atoms with E-state index in [4.69, 9.17) is 14.2 Å². The summed E-state index contributed by atoms with van der Waals surface area (Å²) in [5, 5.41) is 12.4. The minimum Gasteiger partial charge on any atom is -0.507 e. The van der Waals surface area contributed by atoms with Gasteiger partial charge in [0.05, 0.1) is 19.4 Å². The second kappa shape index (κ2) is 8.58. The fourth-order valence-corrected chi connectivity index (χ4v) is 2.06. The largest absolute Gasteiger partial charge is 0.507 e. The number of nitrogens with one attached hydrogen (secondary N) is 1. The smallest absolute Gasteiger partial charge is 0.342 e. The Kier molecular flexibility index (Phi) is 6.22. The molecule has 0 spiro atoms. The van der Waals surface area contributed by atoms with Crippen LogP contribution in [0.15, 0.2) is 42.5 Å². The maximum atomic E-state index is 12.0. The third-order valence-electron chi connectivity index (χ3n) is 3.22. The molecule has 0 aliphatic rings. The highest BCUT2D eigenvalue weighted by Crippen LogP contribution is 2.25. The number of benzene rings is 2. The van der Waals surface area contributed by atoms with Crippen molar-refractivity contribution in [3.05, 3.63) is 48.0 Å². The summed E-state index contributed by atoms with van der Waals surface area (Å²) in [6.45, 7) is 1.80. The molecule has 0 saturated carbocycles. The predicted octanol–water partition coefficient (Wildman–Crippen LogP) is 2.60. The zero-order valence-electron chi connectivity index (χ0n) is 13.9. The van der Waals surface area contributed by atoms with Crippen molar-refractivity contribution >= 4 is 17.6 Å². The topological polar surface area (TPSA) is 94.1 Å². The number of hydrogen-bond donors (Lipinski definition) is 2. The van der Waals surface area contributed by atoms with E-state index in [-0.39, 0.29) is 11.3 Å². The summed E-state index contributed by atoms with van der Waals surface area (Å²) in [7, 11) is 1.44. The van der Waals surface area contributed by atoms with Crippen LogP contribution in [0.2, 0.25) is 0 Å². The van der Waals surface area contributed by atoms with Crippen LogP contribution in [-0.4, -0.2) is 37.3 Å². The Bertz CT molecular complexity index is 759. The summed E-state index contributed by atoms with van der Waals surface area (Å²) in [6, 6.07) is 11.1. The summed E-state index contributed by atoms with van der Waals surface area (Å²) >= 11 is 0. The summed E-state index contributed by atoms with van der Waals surface area (Å²) in [4.78, 5) is 23.9. The number of phenolic OH excluding ortho intramolecular Hbond substituents is 1. The number of methoxy groups -OCH3 is 1. The molecule has 0 unspecified atom stereocenters. The van der Waals surface area contributed by atoms with Gasteiger partial charge in [0.25, 0.3) is 5.91 Å². The van der Waals surface area contributed by atoms with Gasteiger partial charge in [0.2, 0.25) is 0 Å². The van der Waals surface area contributed by atoms with E-state index in [1.54, 1.807) is 24.3 Å². The minimum absolute atomic E-state index is 0.0525. The average molecular weight is 345 g/mol. The number of carbonyl (C=O) groups excluding carboxylic acids is 2. The van der Waals surface area contributed by atoms with Crippen LogP contribution in [0.25, 0.3) is 0 Å². The maximum absolute atomic E-state index is 12.0. The molecular formula is C18H19NO6. The third kappa shape index (κ3) is 4.87. The number of aromatic hydroxyl groups is 1. The van der Waals surface area contributed by atoms with Gasteiger partial charge in [-0.15, -0.1) is 0 Å². The van der Waals surface area contributed by atoms with Crippen LogP contribution in [0.4, 0.5) is 5.69 Å². The molecule has 2 aromatic carbocycles. The second-order valence-electron chi connectivity index (χ2n) is 4.94. The molecule has 0 aliphatic heterocycles. The van der Waals surface area contributed by atoms with Crippen LogP contribution in [0.1, 0.15) is 17.3 Å². The molecule has 25 heavy (non-hydrogen) atoms. The van der Waals surface area contributed by atoms with Crippen LogP contribution in [0.5, 0.6) is 17.2 Å². The van der Waals surface area contributed by atoms with E-state index in [0.29, 0.717) is 23.8 Å². The molecule has 2 rings (SSSR count). The van der Waals surface area contributed by atoms with Gasteiger partial charge in [-0.1, -0.05) is 12.1 Å². The Balaban J connectivity index is 1.95. The van der Waals surface area contributed by atoms with Gasteiger partial charge in [0, 0.05) is 6.07 Å². The monoisotopic (exact) mass is 345 g/mol. The highest BCUT2D eigenvalue weighted by Gasteiger charge is 2.16. The Morgan fingerprint density at radius 3 is 2.60 bits per heavy atom. The lowest BCUT2D eigenvalue weighted by Crippen LogP contribution is -2.21. The van der Waals surface area contributed by atoms with E-state index in [0.717, 1.165) is 0 Å². The first-order chi connectivity index (χ1) is 12.0. The van der Waals surface area contributed by atoms with Gasteiger partial charge in [0.1, 0.15) is 22.8 Å². The Morgan fingerprint density at radius 2 is 1.92 bits per heavy atom. The van der Waals surface area contributed by atoms with E-state index >= 15 is 0 Å². The molecule has 0 aliphatic carbocycles. The van der Waals surface area contributed by atoms with Crippen molar-refractivity contribution in [1.82, 2.24) is 0 Å². The van der Waals surface area contributed by atoms with Crippen LogP contribution in [-0.2, 0) is 9.53 Å². The maximum Gasteiger partial charge on any atom is 0.342 e. The van der Waals surface area contributed by atoms with Gasteiger partial charge in [-0.25, -0.2) is 4.79 Å². The normalized spacial score (nSPS) is 10.0. The van der Waals surface area contributed by atoms with Crippen molar-refractivity contribution in [3.8, 4) is 17.2 Å². The molecule has 0 atom stereocenters. The van der Waals surface area contributed by atoms with Crippen LogP contribution in [0.3, 0.4) is 0 Å². The molecule has 0 heterocycles. The van der Waals surface area contributed by atoms with Gasteiger partial charge < -0.3 is 24.6 Å². The zero-order chi connectivity index (χ0) is 18.2. The highest BCUT2D eigenvalue weighted by molar-refractivity contribution is 5.97. The fourth-order valence-electron chi connectivity index (χ4n) is 2.06. The molecule has 0 fully saturated rings. The molecule has 7 heteroatoms. The molecule has 2 aromatic rings. The lowest BCUT2D eigenvalue weighted by atomic mass is 10.2. The molecule has 0 aromatic heterocycles. The zero-order valence-corrected chi connectivity index (χ0v) is 13.9. The molecular weight excluding hydrogens is 326 g/mol. The fraction of sp³-hybridized carbons (Fsp3) is 0.222. The first-order valence-corrected chi connectivity index (χ1v) is 7.61. The van der Waals surface area contributed by atoms with Crippen molar-refractivity contribution in [1.29, 1.82) is 0 Å². The second-order valence-corrected chi connectivity index (χ2v) is 4.94. The molecule has 1 amide bonds. The molecule has 0 saturated heterocycles. The number of esters is 1. The third-order valence-corrected chi connectivity index (χ3v) is 3.22. The Morgan fingerprint density at radius 1 is 1.16 bits per heavy atom. The lowest BCUT2D eigenvalue weighted by Gasteiger charge is -2.11. The number of anilines is 1. The SMILES string of the molecule is CCOc1ccccc1NC(=O)COC(=O)c1ccc(OC)cc1O. The molecule has 7 nitrogen and oxygen atoms in total. The van der Waals surface area contributed by atoms with Crippen molar-refractivity contribution in [2.75, 3.05) is 25.6 Å². The average Bonchev–Trinajstić information content (AvgIpc) is 2.61. The Labute approximate surface area is 145 Å². The van der Waals surface area contributed by atoms with Crippen LogP contribution in [0, 0.1) is 0 Å². The standard InChI is InChI=1S/C18H19NO6/c1-3-24-16-7-5-4-6-14(16)19-17(21)11-25-18(22)13-9-8-12(23-2)10-15(13)20/h4-10,20H,3,11H2,1-2H3,(H,19,21). The first-order valence-electron chi connectivity index (χ1n) is 7.61. The number of carbonyl (C=O) groups is 2. The van der Waals surface area contributed by atoms with Crippen LogP contribution < -0.4 is 14.8 Å². The highest BCUT2D eigenvalue weighted by atomic mass is 16.5. The quantitative estimate of drug-likeness (QED) is 0.749. The summed E-state index contributed by atoms with van der Waals surface area (Å²) in [6.07, 6.45) is 0. The van der Waals surface area contributed by atoms with Crippen molar-refractivity contribution < 1.29 is 28.9 Å². The molecule has 0 radical (unpaired) electrons. The van der Waals surface area contributed by atoms with Crippen molar-refractivity contribution in [3.63, 3.8) is 0 Å². The van der Waals surface area contributed by atoms with Gasteiger partial charge in [-0.3, -0.25) is 4.79 Å². The number of rotatable bonds is 7. The van der Waals surface area contributed by atoms with E-state index in [9.17, 15) is 14.7 Å². The minimum atomic E-state index is -0.812. The van der Waals surface area contributed by atoms with E-state index in [1.807, 2.05) is 6.92 Å².